The van der Waals surface area contributed by atoms with E-state index < -0.39 is 0 Å². The summed E-state index contributed by atoms with van der Waals surface area (Å²) in [6.45, 7) is 11.4. The topological polar surface area (TPSA) is 46.6 Å². The third-order valence-corrected chi connectivity index (χ3v) is 3.81. The lowest BCUT2D eigenvalue weighted by atomic mass is 9.80. The molecule has 0 spiro atoms. The number of likely N-dealkylation sites (tertiary alicyclic amines) is 1. The van der Waals surface area contributed by atoms with Gasteiger partial charge in [0.1, 0.15) is 5.78 Å². The van der Waals surface area contributed by atoms with Crippen molar-refractivity contribution in [2.24, 2.45) is 11.3 Å². The zero-order chi connectivity index (χ0) is 14.5. The van der Waals surface area contributed by atoms with E-state index in [-0.39, 0.29) is 18.2 Å². The van der Waals surface area contributed by atoms with Gasteiger partial charge in [-0.2, -0.15) is 0 Å². The SMILES string of the molecule is CCOC(=O)CCC(=O)CN1CCC(C(C)(C)C)C1. The highest BCUT2D eigenvalue weighted by Gasteiger charge is 2.32. The number of ether oxygens (including phenoxy) is 1. The molecule has 0 aliphatic carbocycles. The van der Waals surface area contributed by atoms with Crippen LogP contribution in [0.25, 0.3) is 0 Å². The zero-order valence-electron chi connectivity index (χ0n) is 12.7. The van der Waals surface area contributed by atoms with Gasteiger partial charge >= 0.3 is 5.97 Å². The predicted octanol–water partition coefficient (Wildman–Crippen LogP) is 2.27. The van der Waals surface area contributed by atoms with Gasteiger partial charge in [0.2, 0.25) is 0 Å². The lowest BCUT2D eigenvalue weighted by Gasteiger charge is -2.26. The van der Waals surface area contributed by atoms with Crippen LogP contribution in [-0.2, 0) is 14.3 Å². The van der Waals surface area contributed by atoms with Crippen molar-refractivity contribution >= 4 is 11.8 Å². The smallest absolute Gasteiger partial charge is 0.306 e. The second-order valence-electron chi connectivity index (χ2n) is 6.43. The molecule has 1 aliphatic heterocycles. The molecule has 0 N–H and O–H groups in total. The molecule has 0 aromatic rings. The lowest BCUT2D eigenvalue weighted by molar-refractivity contribution is -0.144. The van der Waals surface area contributed by atoms with Gasteiger partial charge < -0.3 is 4.74 Å². The van der Waals surface area contributed by atoms with Gasteiger partial charge in [0.15, 0.2) is 0 Å². The quantitative estimate of drug-likeness (QED) is 0.694. The fourth-order valence-corrected chi connectivity index (χ4v) is 2.49. The molecule has 0 aromatic heterocycles. The number of carbonyl (C=O) groups excluding carboxylic acids is 2. The average molecular weight is 269 g/mol. The van der Waals surface area contributed by atoms with Crippen molar-refractivity contribution in [1.82, 2.24) is 4.90 Å². The molecule has 1 fully saturated rings. The van der Waals surface area contributed by atoms with Crippen LogP contribution in [-0.4, -0.2) is 42.9 Å². The molecular formula is C15H27NO3. The van der Waals surface area contributed by atoms with Gasteiger partial charge in [-0.3, -0.25) is 14.5 Å². The summed E-state index contributed by atoms with van der Waals surface area (Å²) in [7, 11) is 0. The first-order chi connectivity index (χ1) is 8.82. The van der Waals surface area contributed by atoms with E-state index >= 15 is 0 Å². The van der Waals surface area contributed by atoms with Gasteiger partial charge in [-0.05, 0) is 31.2 Å². The molecule has 0 radical (unpaired) electrons. The standard InChI is InChI=1S/C15H27NO3/c1-5-19-14(18)7-6-13(17)11-16-9-8-12(10-16)15(2,3)4/h12H,5-11H2,1-4H3. The Morgan fingerprint density at radius 1 is 1.26 bits per heavy atom. The fourth-order valence-electron chi connectivity index (χ4n) is 2.49. The maximum absolute atomic E-state index is 11.8. The Morgan fingerprint density at radius 2 is 1.95 bits per heavy atom. The van der Waals surface area contributed by atoms with E-state index in [9.17, 15) is 9.59 Å². The van der Waals surface area contributed by atoms with E-state index in [4.69, 9.17) is 4.74 Å². The van der Waals surface area contributed by atoms with Gasteiger partial charge in [0.05, 0.1) is 19.6 Å². The fraction of sp³-hybridized carbons (Fsp3) is 0.867. The molecule has 4 nitrogen and oxygen atoms in total. The molecule has 1 saturated heterocycles. The number of ketones is 1. The first-order valence-electron chi connectivity index (χ1n) is 7.22. The first kappa shape index (κ1) is 16.2. The van der Waals surface area contributed by atoms with Crippen LogP contribution in [0.5, 0.6) is 0 Å². The summed E-state index contributed by atoms with van der Waals surface area (Å²) in [5.41, 5.74) is 0.308. The summed E-state index contributed by atoms with van der Waals surface area (Å²) in [6, 6.07) is 0. The summed E-state index contributed by atoms with van der Waals surface area (Å²) < 4.78 is 4.82. The highest BCUT2D eigenvalue weighted by atomic mass is 16.5. The van der Waals surface area contributed by atoms with Crippen LogP contribution < -0.4 is 0 Å². The molecule has 110 valence electrons. The Hall–Kier alpha value is -0.900. The molecule has 1 atom stereocenters. The van der Waals surface area contributed by atoms with Crippen molar-refractivity contribution in [3.63, 3.8) is 0 Å². The normalized spacial score (nSPS) is 20.5. The van der Waals surface area contributed by atoms with Crippen molar-refractivity contribution in [2.75, 3.05) is 26.2 Å². The Balaban J connectivity index is 2.25. The van der Waals surface area contributed by atoms with Crippen LogP contribution in [0.15, 0.2) is 0 Å². The van der Waals surface area contributed by atoms with Gasteiger partial charge in [0.25, 0.3) is 0 Å². The molecule has 0 aromatic carbocycles. The lowest BCUT2D eigenvalue weighted by Crippen LogP contribution is -2.30. The summed E-state index contributed by atoms with van der Waals surface area (Å²) in [4.78, 5) is 25.2. The minimum atomic E-state index is -0.273. The van der Waals surface area contributed by atoms with Gasteiger partial charge in [-0.25, -0.2) is 0 Å². The number of esters is 1. The molecule has 1 unspecified atom stereocenters. The Morgan fingerprint density at radius 3 is 2.47 bits per heavy atom. The first-order valence-corrected chi connectivity index (χ1v) is 7.22. The maximum Gasteiger partial charge on any atom is 0.306 e. The Bertz CT molecular complexity index is 320. The van der Waals surface area contributed by atoms with E-state index in [2.05, 4.69) is 25.7 Å². The largest absolute Gasteiger partial charge is 0.466 e. The Kier molecular flexibility index (Phi) is 5.98. The van der Waals surface area contributed by atoms with Crippen molar-refractivity contribution in [1.29, 1.82) is 0 Å². The molecule has 0 bridgehead atoms. The number of Topliss-reactive ketones (excluding diaryl/α,β-unsaturated/α-hetero) is 1. The van der Waals surface area contributed by atoms with Crippen LogP contribution in [0.2, 0.25) is 0 Å². The molecule has 4 heteroatoms. The van der Waals surface area contributed by atoms with E-state index in [1.165, 1.54) is 0 Å². The second kappa shape index (κ2) is 7.04. The van der Waals surface area contributed by atoms with E-state index in [1.807, 2.05) is 0 Å². The number of rotatable bonds is 6. The van der Waals surface area contributed by atoms with Gasteiger partial charge in [0, 0.05) is 13.0 Å². The number of hydrogen-bond donors (Lipinski definition) is 0. The van der Waals surface area contributed by atoms with Crippen LogP contribution in [0, 0.1) is 11.3 Å². The van der Waals surface area contributed by atoms with Crippen LogP contribution in [0.4, 0.5) is 0 Å². The van der Waals surface area contributed by atoms with Crippen LogP contribution in [0.1, 0.15) is 47.0 Å². The summed E-state index contributed by atoms with van der Waals surface area (Å²) in [6.07, 6.45) is 1.67. The summed E-state index contributed by atoms with van der Waals surface area (Å²) in [5, 5.41) is 0. The maximum atomic E-state index is 11.8. The highest BCUT2D eigenvalue weighted by molar-refractivity contribution is 5.84. The minimum Gasteiger partial charge on any atom is -0.466 e. The number of hydrogen-bond acceptors (Lipinski definition) is 4. The number of carbonyl (C=O) groups is 2. The van der Waals surface area contributed by atoms with Crippen LogP contribution >= 0.6 is 0 Å². The molecule has 1 aliphatic rings. The minimum absolute atomic E-state index is 0.141. The van der Waals surface area contributed by atoms with Gasteiger partial charge in [-0.15, -0.1) is 0 Å². The summed E-state index contributed by atoms with van der Waals surface area (Å²) in [5.74, 6) is 0.526. The molecule has 0 saturated carbocycles. The monoisotopic (exact) mass is 269 g/mol. The molecule has 1 rings (SSSR count). The predicted molar refractivity (Wildman–Crippen MR) is 74.9 cm³/mol. The molecule has 19 heavy (non-hydrogen) atoms. The second-order valence-corrected chi connectivity index (χ2v) is 6.43. The van der Waals surface area contributed by atoms with E-state index in [0.29, 0.717) is 30.9 Å². The van der Waals surface area contributed by atoms with E-state index in [1.54, 1.807) is 6.92 Å². The van der Waals surface area contributed by atoms with Crippen LogP contribution in [0.3, 0.4) is 0 Å². The highest BCUT2D eigenvalue weighted by Crippen LogP contribution is 2.33. The zero-order valence-corrected chi connectivity index (χ0v) is 12.7. The van der Waals surface area contributed by atoms with Crippen molar-refractivity contribution < 1.29 is 14.3 Å². The van der Waals surface area contributed by atoms with Crippen molar-refractivity contribution in [3.05, 3.63) is 0 Å². The van der Waals surface area contributed by atoms with E-state index in [0.717, 1.165) is 19.5 Å². The van der Waals surface area contributed by atoms with Crippen molar-refractivity contribution in [2.45, 2.75) is 47.0 Å². The third kappa shape index (κ3) is 5.72. The third-order valence-electron chi connectivity index (χ3n) is 3.81. The molecular weight excluding hydrogens is 242 g/mol. The molecule has 0 amide bonds. The average Bonchev–Trinajstić information content (AvgIpc) is 2.75. The van der Waals surface area contributed by atoms with Crippen molar-refractivity contribution in [3.8, 4) is 0 Å². The molecule has 1 heterocycles. The Labute approximate surface area is 116 Å². The number of nitrogens with zero attached hydrogens (tertiary/aromatic N) is 1. The summed E-state index contributed by atoms with van der Waals surface area (Å²) >= 11 is 0. The van der Waals surface area contributed by atoms with Gasteiger partial charge in [-0.1, -0.05) is 20.8 Å².